The second kappa shape index (κ2) is 6.58. The van der Waals surface area contributed by atoms with E-state index in [1.807, 2.05) is 35.7 Å². The van der Waals surface area contributed by atoms with Gasteiger partial charge in [-0.1, -0.05) is 29.8 Å². The predicted octanol–water partition coefficient (Wildman–Crippen LogP) is 4.66. The molecular weight excluding hydrogens is 356 g/mol. The number of halogens is 1. The number of anilines is 1. The lowest BCUT2D eigenvalue weighted by molar-refractivity contribution is 0.102. The summed E-state index contributed by atoms with van der Waals surface area (Å²) in [6.45, 7) is 0. The van der Waals surface area contributed by atoms with Crippen molar-refractivity contribution in [2.75, 3.05) is 5.32 Å². The van der Waals surface area contributed by atoms with Crippen LogP contribution < -0.4 is 5.32 Å². The van der Waals surface area contributed by atoms with Crippen LogP contribution in [0.15, 0.2) is 60.2 Å². The van der Waals surface area contributed by atoms with E-state index in [1.54, 1.807) is 24.5 Å². The monoisotopic (exact) mass is 366 g/mol. The largest absolute Gasteiger partial charge is 0.298 e. The summed E-state index contributed by atoms with van der Waals surface area (Å²) < 4.78 is 0. The Morgan fingerprint density at radius 2 is 2.00 bits per heavy atom. The van der Waals surface area contributed by atoms with Gasteiger partial charge < -0.3 is 0 Å². The average molecular weight is 367 g/mol. The molecule has 5 nitrogen and oxygen atoms in total. The Balaban J connectivity index is 1.79. The number of rotatable bonds is 3. The van der Waals surface area contributed by atoms with Gasteiger partial charge in [0.15, 0.2) is 5.13 Å². The molecule has 0 saturated heterocycles. The first-order valence-electron chi connectivity index (χ1n) is 7.43. The molecule has 0 aliphatic rings. The second-order valence-electron chi connectivity index (χ2n) is 5.23. The van der Waals surface area contributed by atoms with Gasteiger partial charge in [0.05, 0.1) is 16.8 Å². The molecule has 25 heavy (non-hydrogen) atoms. The molecule has 3 heterocycles. The summed E-state index contributed by atoms with van der Waals surface area (Å²) in [4.78, 5) is 25.3. The maximum absolute atomic E-state index is 12.6. The third-order valence-corrected chi connectivity index (χ3v) is 4.54. The molecule has 0 radical (unpaired) electrons. The summed E-state index contributed by atoms with van der Waals surface area (Å²) in [6, 6.07) is 12.9. The number of pyridine rings is 2. The third-order valence-electron chi connectivity index (χ3n) is 3.64. The molecule has 122 valence electrons. The van der Waals surface area contributed by atoms with Crippen molar-refractivity contribution in [1.82, 2.24) is 15.0 Å². The molecule has 0 aliphatic heterocycles. The highest BCUT2D eigenvalue weighted by molar-refractivity contribution is 7.13. The Morgan fingerprint density at radius 3 is 2.80 bits per heavy atom. The molecule has 0 fully saturated rings. The zero-order chi connectivity index (χ0) is 17.2. The van der Waals surface area contributed by atoms with Gasteiger partial charge in [0, 0.05) is 28.7 Å². The van der Waals surface area contributed by atoms with Gasteiger partial charge in [0.2, 0.25) is 0 Å². The molecule has 0 unspecified atom stereocenters. The number of thiazole rings is 1. The Labute approximate surface area is 152 Å². The van der Waals surface area contributed by atoms with E-state index in [1.165, 1.54) is 11.3 Å². The van der Waals surface area contributed by atoms with Gasteiger partial charge in [-0.05, 0) is 24.3 Å². The van der Waals surface area contributed by atoms with Gasteiger partial charge in [0.1, 0.15) is 5.15 Å². The van der Waals surface area contributed by atoms with E-state index in [4.69, 9.17) is 11.6 Å². The van der Waals surface area contributed by atoms with Crippen LogP contribution in [0.3, 0.4) is 0 Å². The molecule has 0 aliphatic carbocycles. The Kier molecular flexibility index (Phi) is 4.13. The number of aromatic nitrogens is 3. The fraction of sp³-hybridized carbons (Fsp3) is 0. The number of para-hydroxylation sites is 1. The number of hydrogen-bond acceptors (Lipinski definition) is 5. The molecule has 1 amide bonds. The summed E-state index contributed by atoms with van der Waals surface area (Å²) in [5.41, 5.74) is 2.69. The zero-order valence-electron chi connectivity index (χ0n) is 12.8. The first-order chi connectivity index (χ1) is 12.2. The van der Waals surface area contributed by atoms with Gasteiger partial charge >= 0.3 is 0 Å². The summed E-state index contributed by atoms with van der Waals surface area (Å²) in [5.74, 6) is -0.238. The van der Waals surface area contributed by atoms with Crippen LogP contribution in [-0.2, 0) is 0 Å². The summed E-state index contributed by atoms with van der Waals surface area (Å²) >= 11 is 7.33. The van der Waals surface area contributed by atoms with Crippen LogP contribution in [0, 0.1) is 0 Å². The maximum Gasteiger partial charge on any atom is 0.259 e. The van der Waals surface area contributed by atoms with Crippen LogP contribution in [-0.4, -0.2) is 20.9 Å². The molecule has 1 aromatic carbocycles. The van der Waals surface area contributed by atoms with Gasteiger partial charge in [-0.25, -0.2) is 15.0 Å². The summed E-state index contributed by atoms with van der Waals surface area (Å²) in [7, 11) is 0. The SMILES string of the molecule is O=C(Nc1nccs1)c1cccc2ccc(-c3ccnc(Cl)c3)nc12. The van der Waals surface area contributed by atoms with E-state index in [2.05, 4.69) is 20.3 Å². The van der Waals surface area contributed by atoms with Crippen molar-refractivity contribution in [1.29, 1.82) is 0 Å². The Morgan fingerprint density at radius 1 is 1.08 bits per heavy atom. The molecule has 7 heteroatoms. The molecule has 3 aromatic heterocycles. The van der Waals surface area contributed by atoms with Crippen molar-refractivity contribution in [3.63, 3.8) is 0 Å². The van der Waals surface area contributed by atoms with E-state index in [0.29, 0.717) is 21.4 Å². The van der Waals surface area contributed by atoms with Crippen LogP contribution in [0.1, 0.15) is 10.4 Å². The summed E-state index contributed by atoms with van der Waals surface area (Å²) in [5, 5.41) is 6.44. The van der Waals surface area contributed by atoms with Crippen molar-refractivity contribution in [2.45, 2.75) is 0 Å². The van der Waals surface area contributed by atoms with E-state index in [0.717, 1.165) is 16.6 Å². The zero-order valence-corrected chi connectivity index (χ0v) is 14.4. The quantitative estimate of drug-likeness (QED) is 0.535. The highest BCUT2D eigenvalue weighted by Gasteiger charge is 2.13. The molecule has 1 N–H and O–H groups in total. The van der Waals surface area contributed by atoms with Crippen molar-refractivity contribution in [2.24, 2.45) is 0 Å². The number of benzene rings is 1. The lowest BCUT2D eigenvalue weighted by atomic mass is 10.1. The molecular formula is C18H11ClN4OS. The van der Waals surface area contributed by atoms with Crippen LogP contribution in [0.2, 0.25) is 5.15 Å². The van der Waals surface area contributed by atoms with Gasteiger partial charge in [-0.3, -0.25) is 10.1 Å². The topological polar surface area (TPSA) is 67.8 Å². The van der Waals surface area contributed by atoms with E-state index >= 15 is 0 Å². The van der Waals surface area contributed by atoms with E-state index in [9.17, 15) is 4.79 Å². The van der Waals surface area contributed by atoms with E-state index in [-0.39, 0.29) is 5.91 Å². The van der Waals surface area contributed by atoms with E-state index < -0.39 is 0 Å². The highest BCUT2D eigenvalue weighted by Crippen LogP contribution is 2.25. The minimum atomic E-state index is -0.238. The van der Waals surface area contributed by atoms with Gasteiger partial charge in [0.25, 0.3) is 5.91 Å². The standard InChI is InChI=1S/C18H11ClN4OS/c19-15-10-12(6-7-20-15)14-5-4-11-2-1-3-13(16(11)22-14)17(24)23-18-21-8-9-25-18/h1-10H,(H,21,23,24). The predicted molar refractivity (Wildman–Crippen MR) is 100 cm³/mol. The Bertz CT molecular complexity index is 1070. The van der Waals surface area contributed by atoms with Crippen molar-refractivity contribution in [3.8, 4) is 11.3 Å². The number of fused-ring (bicyclic) bond motifs is 1. The number of amides is 1. The highest BCUT2D eigenvalue weighted by atomic mass is 35.5. The maximum atomic E-state index is 12.6. The third kappa shape index (κ3) is 3.22. The van der Waals surface area contributed by atoms with Gasteiger partial charge in [-0.2, -0.15) is 0 Å². The van der Waals surface area contributed by atoms with Crippen molar-refractivity contribution >= 4 is 44.9 Å². The van der Waals surface area contributed by atoms with Crippen LogP contribution in [0.25, 0.3) is 22.2 Å². The van der Waals surface area contributed by atoms with Crippen molar-refractivity contribution in [3.05, 3.63) is 71.0 Å². The van der Waals surface area contributed by atoms with Crippen LogP contribution in [0.4, 0.5) is 5.13 Å². The summed E-state index contributed by atoms with van der Waals surface area (Å²) in [6.07, 6.45) is 3.28. The number of carbonyl (C=O) groups excluding carboxylic acids is 1. The number of hydrogen-bond donors (Lipinski definition) is 1. The molecule has 0 bridgehead atoms. The lowest BCUT2D eigenvalue weighted by Crippen LogP contribution is -2.12. The fourth-order valence-corrected chi connectivity index (χ4v) is 3.20. The lowest BCUT2D eigenvalue weighted by Gasteiger charge is -2.08. The van der Waals surface area contributed by atoms with Crippen LogP contribution >= 0.6 is 22.9 Å². The first kappa shape index (κ1) is 15.7. The molecule has 0 atom stereocenters. The first-order valence-corrected chi connectivity index (χ1v) is 8.69. The molecule has 0 saturated carbocycles. The number of nitrogens with zero attached hydrogens (tertiary/aromatic N) is 3. The Hall–Kier alpha value is -2.83. The minimum absolute atomic E-state index is 0.238. The smallest absolute Gasteiger partial charge is 0.259 e. The minimum Gasteiger partial charge on any atom is -0.298 e. The number of carbonyl (C=O) groups is 1. The average Bonchev–Trinajstić information content (AvgIpc) is 3.13. The molecule has 4 rings (SSSR count). The van der Waals surface area contributed by atoms with Crippen molar-refractivity contribution < 1.29 is 4.79 Å². The molecule has 4 aromatic rings. The fourth-order valence-electron chi connectivity index (χ4n) is 2.50. The van der Waals surface area contributed by atoms with Gasteiger partial charge in [-0.15, -0.1) is 11.3 Å². The normalized spacial score (nSPS) is 10.8. The second-order valence-corrected chi connectivity index (χ2v) is 6.51. The molecule has 0 spiro atoms. The van der Waals surface area contributed by atoms with Crippen LogP contribution in [0.5, 0.6) is 0 Å². The number of nitrogens with one attached hydrogen (secondary N) is 1.